The van der Waals surface area contributed by atoms with Crippen molar-refractivity contribution < 1.29 is 14.0 Å². The number of aromatic nitrogens is 4. The second-order valence-corrected chi connectivity index (χ2v) is 7.28. The molecular weight excluding hydrogens is 412 g/mol. The Morgan fingerprint density at radius 1 is 1.00 bits per heavy atom. The molecule has 4 aromatic rings. The van der Waals surface area contributed by atoms with Crippen molar-refractivity contribution in [2.45, 2.75) is 32.9 Å². The highest BCUT2D eigenvalue weighted by molar-refractivity contribution is 5.77. The molecule has 0 saturated heterocycles. The van der Waals surface area contributed by atoms with Crippen molar-refractivity contribution >= 4 is 10.9 Å². The number of fused-ring (bicyclic) bond motifs is 1. The highest BCUT2D eigenvalue weighted by Crippen LogP contribution is 2.31. The molecule has 0 N–H and O–H groups in total. The number of ether oxygens (including phenoxy) is 2. The molecule has 4 rings (SSSR count). The van der Waals surface area contributed by atoms with Gasteiger partial charge < -0.3 is 14.0 Å². The Balaban J connectivity index is 1.74. The van der Waals surface area contributed by atoms with Crippen molar-refractivity contribution in [1.82, 2.24) is 19.3 Å². The van der Waals surface area contributed by atoms with E-state index in [1.54, 1.807) is 56.7 Å². The molecule has 2 heterocycles. The molecule has 0 aliphatic carbocycles. The van der Waals surface area contributed by atoms with Crippen molar-refractivity contribution in [1.29, 1.82) is 0 Å². The first-order chi connectivity index (χ1) is 15.6. The third kappa shape index (κ3) is 3.89. The zero-order valence-corrected chi connectivity index (χ0v) is 18.2. The molecule has 0 spiro atoms. The summed E-state index contributed by atoms with van der Waals surface area (Å²) in [7, 11) is 3.11. The van der Waals surface area contributed by atoms with Crippen LogP contribution in [-0.2, 0) is 13.1 Å². The highest BCUT2D eigenvalue weighted by atomic mass is 16.5. The number of para-hydroxylation sites is 1. The van der Waals surface area contributed by atoms with Crippen LogP contribution in [0.15, 0.2) is 56.6 Å². The molecule has 0 aliphatic rings. The number of hydrogen-bond donors (Lipinski definition) is 0. The molecule has 2 aromatic heterocycles. The van der Waals surface area contributed by atoms with Crippen LogP contribution >= 0.6 is 0 Å². The molecule has 166 valence electrons. The van der Waals surface area contributed by atoms with Gasteiger partial charge in [0.2, 0.25) is 11.7 Å². The summed E-state index contributed by atoms with van der Waals surface area (Å²) >= 11 is 0. The predicted octanol–water partition coefficient (Wildman–Crippen LogP) is 3.08. The number of nitrogens with zero attached hydrogens (tertiary/aromatic N) is 4. The molecule has 0 aliphatic heterocycles. The molecule has 0 atom stereocenters. The quantitative estimate of drug-likeness (QED) is 0.418. The lowest BCUT2D eigenvalue weighted by atomic mass is 10.2. The summed E-state index contributed by atoms with van der Waals surface area (Å²) in [4.78, 5) is 30.4. The largest absolute Gasteiger partial charge is 0.493 e. The summed E-state index contributed by atoms with van der Waals surface area (Å²) in [6.07, 6.45) is 1.61. The SMILES string of the molecule is CCCCn1c(=O)c2ccccc2n(Cc2nc(-c3ccc(OC)c(OC)c3)no2)c1=O. The minimum Gasteiger partial charge on any atom is -0.493 e. The number of hydrogen-bond acceptors (Lipinski definition) is 7. The van der Waals surface area contributed by atoms with Gasteiger partial charge in [-0.2, -0.15) is 4.98 Å². The zero-order chi connectivity index (χ0) is 22.7. The Morgan fingerprint density at radius 3 is 2.53 bits per heavy atom. The van der Waals surface area contributed by atoms with Crippen LogP contribution in [-0.4, -0.2) is 33.5 Å². The average Bonchev–Trinajstić information content (AvgIpc) is 3.30. The summed E-state index contributed by atoms with van der Waals surface area (Å²) < 4.78 is 18.8. The van der Waals surface area contributed by atoms with Crippen molar-refractivity contribution in [2.24, 2.45) is 0 Å². The van der Waals surface area contributed by atoms with E-state index in [4.69, 9.17) is 14.0 Å². The number of unbranched alkanes of at least 4 members (excludes halogenated alkanes) is 1. The van der Waals surface area contributed by atoms with Crippen LogP contribution in [0.2, 0.25) is 0 Å². The summed E-state index contributed by atoms with van der Waals surface area (Å²) in [5.74, 6) is 1.74. The molecule has 32 heavy (non-hydrogen) atoms. The Hall–Kier alpha value is -3.88. The lowest BCUT2D eigenvalue weighted by molar-refractivity contribution is 0.355. The zero-order valence-electron chi connectivity index (χ0n) is 18.2. The maximum atomic E-state index is 13.2. The average molecular weight is 436 g/mol. The van der Waals surface area contributed by atoms with Gasteiger partial charge in [-0.25, -0.2) is 4.79 Å². The number of rotatable bonds is 8. The standard InChI is InChI=1S/C23H24N4O5/c1-4-5-12-26-22(28)16-8-6-7-9-17(16)27(23(26)29)14-20-24-21(25-32-20)15-10-11-18(30-2)19(13-15)31-3/h6-11,13H,4-5,12,14H2,1-3H3. The molecule has 0 amide bonds. The van der Waals surface area contributed by atoms with E-state index in [1.807, 2.05) is 6.92 Å². The first kappa shape index (κ1) is 21.4. The Bertz CT molecular complexity index is 1370. The predicted molar refractivity (Wildman–Crippen MR) is 119 cm³/mol. The van der Waals surface area contributed by atoms with Crippen LogP contribution in [0.4, 0.5) is 0 Å². The van der Waals surface area contributed by atoms with Crippen LogP contribution in [0.25, 0.3) is 22.3 Å². The fourth-order valence-electron chi connectivity index (χ4n) is 3.58. The monoisotopic (exact) mass is 436 g/mol. The second kappa shape index (κ2) is 9.09. The molecule has 0 fully saturated rings. The van der Waals surface area contributed by atoms with Gasteiger partial charge >= 0.3 is 5.69 Å². The molecule has 2 aromatic carbocycles. The molecule has 0 unspecified atom stereocenters. The Kier molecular flexibility index (Phi) is 6.07. The topological polar surface area (TPSA) is 101 Å². The minimum absolute atomic E-state index is 0.0477. The van der Waals surface area contributed by atoms with Crippen LogP contribution in [0.1, 0.15) is 25.7 Å². The minimum atomic E-state index is -0.395. The van der Waals surface area contributed by atoms with Crippen LogP contribution in [0, 0.1) is 0 Å². The van der Waals surface area contributed by atoms with Gasteiger partial charge in [0.05, 0.1) is 25.1 Å². The fourth-order valence-corrected chi connectivity index (χ4v) is 3.58. The molecule has 0 saturated carbocycles. The van der Waals surface area contributed by atoms with Gasteiger partial charge in [-0.3, -0.25) is 13.9 Å². The molecule has 0 radical (unpaired) electrons. The third-order valence-corrected chi connectivity index (χ3v) is 5.27. The van der Waals surface area contributed by atoms with Crippen LogP contribution in [0.5, 0.6) is 11.5 Å². The number of methoxy groups -OCH3 is 2. The van der Waals surface area contributed by atoms with E-state index in [1.165, 1.54) is 9.13 Å². The second-order valence-electron chi connectivity index (χ2n) is 7.28. The van der Waals surface area contributed by atoms with Crippen molar-refractivity contribution in [3.63, 3.8) is 0 Å². The van der Waals surface area contributed by atoms with Gasteiger partial charge in [0.15, 0.2) is 11.5 Å². The van der Waals surface area contributed by atoms with Gasteiger partial charge in [0.1, 0.15) is 6.54 Å². The van der Waals surface area contributed by atoms with E-state index in [9.17, 15) is 9.59 Å². The van der Waals surface area contributed by atoms with Gasteiger partial charge in [0.25, 0.3) is 5.56 Å². The lowest BCUT2D eigenvalue weighted by Gasteiger charge is -2.12. The van der Waals surface area contributed by atoms with E-state index in [-0.39, 0.29) is 18.0 Å². The van der Waals surface area contributed by atoms with E-state index < -0.39 is 5.69 Å². The lowest BCUT2D eigenvalue weighted by Crippen LogP contribution is -2.40. The fraction of sp³-hybridized carbons (Fsp3) is 0.304. The molecule has 0 bridgehead atoms. The van der Waals surface area contributed by atoms with Crippen molar-refractivity contribution in [3.05, 3.63) is 69.2 Å². The summed E-state index contributed by atoms with van der Waals surface area (Å²) in [5.41, 5.74) is 0.531. The first-order valence-electron chi connectivity index (χ1n) is 10.3. The molecule has 9 nitrogen and oxygen atoms in total. The van der Waals surface area contributed by atoms with Gasteiger partial charge in [-0.05, 0) is 36.8 Å². The normalized spacial score (nSPS) is 11.1. The van der Waals surface area contributed by atoms with Gasteiger partial charge in [-0.1, -0.05) is 30.6 Å². The first-order valence-corrected chi connectivity index (χ1v) is 10.3. The van der Waals surface area contributed by atoms with Gasteiger partial charge in [0, 0.05) is 12.1 Å². The summed E-state index contributed by atoms with van der Waals surface area (Å²) in [6, 6.07) is 12.3. The third-order valence-electron chi connectivity index (χ3n) is 5.27. The Labute approximate surface area is 183 Å². The maximum absolute atomic E-state index is 13.2. The molecule has 9 heteroatoms. The summed E-state index contributed by atoms with van der Waals surface area (Å²) in [6.45, 7) is 2.42. The van der Waals surface area contributed by atoms with Crippen LogP contribution < -0.4 is 20.7 Å². The Morgan fingerprint density at radius 2 is 1.78 bits per heavy atom. The van der Waals surface area contributed by atoms with Crippen molar-refractivity contribution in [2.75, 3.05) is 14.2 Å². The van der Waals surface area contributed by atoms with E-state index in [0.717, 1.165) is 12.8 Å². The van der Waals surface area contributed by atoms with E-state index >= 15 is 0 Å². The van der Waals surface area contributed by atoms with Crippen molar-refractivity contribution in [3.8, 4) is 22.9 Å². The number of benzene rings is 2. The summed E-state index contributed by atoms with van der Waals surface area (Å²) in [5, 5.41) is 4.52. The van der Waals surface area contributed by atoms with E-state index in [2.05, 4.69) is 10.1 Å². The molecular formula is C23H24N4O5. The maximum Gasteiger partial charge on any atom is 0.331 e. The smallest absolute Gasteiger partial charge is 0.331 e. The highest BCUT2D eigenvalue weighted by Gasteiger charge is 2.17. The van der Waals surface area contributed by atoms with Crippen LogP contribution in [0.3, 0.4) is 0 Å². The van der Waals surface area contributed by atoms with E-state index in [0.29, 0.717) is 40.3 Å². The van der Waals surface area contributed by atoms with Gasteiger partial charge in [-0.15, -0.1) is 0 Å².